The Kier molecular flexibility index (Phi) is 8.97. The van der Waals surface area contributed by atoms with Crippen LogP contribution in [0.5, 0.6) is 11.5 Å². The van der Waals surface area contributed by atoms with Gasteiger partial charge in [0, 0.05) is 23.7 Å². The molecule has 40 heavy (non-hydrogen) atoms. The lowest BCUT2D eigenvalue weighted by Gasteiger charge is -2.37. The zero-order valence-electron chi connectivity index (χ0n) is 22.8. The number of carbonyl (C=O) groups excluding carboxylic acids is 1. The molecule has 1 saturated heterocycles. The van der Waals surface area contributed by atoms with Gasteiger partial charge in [-0.25, -0.2) is 8.78 Å². The summed E-state index contributed by atoms with van der Waals surface area (Å²) in [6, 6.07) is 18.8. The minimum absolute atomic E-state index is 0.0141. The summed E-state index contributed by atoms with van der Waals surface area (Å²) >= 11 is 0. The predicted octanol–water partition coefficient (Wildman–Crippen LogP) is 7.11. The molecule has 5 rings (SSSR count). The van der Waals surface area contributed by atoms with Crippen molar-refractivity contribution in [3.63, 3.8) is 0 Å². The van der Waals surface area contributed by atoms with Crippen LogP contribution in [-0.4, -0.2) is 49.4 Å². The van der Waals surface area contributed by atoms with Gasteiger partial charge in [-0.15, -0.1) is 0 Å². The number of hydrogen-bond acceptors (Lipinski definition) is 5. The quantitative estimate of drug-likeness (QED) is 0.149. The monoisotopic (exact) mass is 564 g/mol. The number of rotatable bonds is 10. The van der Waals surface area contributed by atoms with Crippen LogP contribution in [0, 0.1) is 17.6 Å². The highest BCUT2D eigenvalue weighted by Gasteiger charge is 2.32. The van der Waals surface area contributed by atoms with E-state index in [-0.39, 0.29) is 23.3 Å². The van der Waals surface area contributed by atoms with Gasteiger partial charge in [0.15, 0.2) is 17.3 Å². The summed E-state index contributed by atoms with van der Waals surface area (Å²) in [5.74, 6) is 0.861. The molecule has 210 valence electrons. The summed E-state index contributed by atoms with van der Waals surface area (Å²) in [7, 11) is 0.838. The molecule has 3 aromatic rings. The first kappa shape index (κ1) is 28.1. The molecule has 0 N–H and O–H groups in total. The maximum Gasteiger partial charge on any atom is 0.161 e. The normalized spacial score (nSPS) is 17.9. The molecule has 5 nitrogen and oxygen atoms in total. The lowest BCUT2D eigenvalue weighted by molar-refractivity contribution is 0.101. The summed E-state index contributed by atoms with van der Waals surface area (Å²) in [6.45, 7) is 4.83. The van der Waals surface area contributed by atoms with Crippen molar-refractivity contribution in [1.82, 2.24) is 4.90 Å². The maximum absolute atomic E-state index is 15.0. The number of halogens is 2. The van der Waals surface area contributed by atoms with Gasteiger partial charge >= 0.3 is 0 Å². The smallest absolute Gasteiger partial charge is 0.161 e. The molecule has 2 aliphatic heterocycles. The summed E-state index contributed by atoms with van der Waals surface area (Å²) in [4.78, 5) is 14.6. The van der Waals surface area contributed by atoms with E-state index >= 15 is 4.39 Å². The Morgan fingerprint density at radius 3 is 2.40 bits per heavy atom. The maximum atomic E-state index is 15.0. The number of allylic oxidation sites excluding steroid dienone is 2. The number of ether oxygens (including phenoxy) is 2. The molecule has 0 spiro atoms. The molecular weight excluding hydrogens is 530 g/mol. The molecule has 3 aromatic carbocycles. The standard InChI is InChI=1S/C32H34F2N2O3S/c1-23(37)25-12-13-30(31(22-25)38-2)39-20-7-17-35-18-14-24(15-19-35)28-16-21-40(32-11-6-4-9-27(32)34)36(28)29-10-5-3-8-26(29)33/h3-6,8-13,16,21-22,24H,7,14-15,17-20H2,1-2H3. The SMILES string of the molecule is COc1cc(C(C)=O)ccc1OCCCN1CCC(C2=CC=S(c3ccccc3F)N2c2ccccc2F)CC1. The average Bonchev–Trinajstić information content (AvgIpc) is 3.40. The minimum atomic E-state index is -0.732. The molecule has 0 amide bonds. The molecule has 0 bridgehead atoms. The number of likely N-dealkylation sites (tertiary alicyclic amines) is 1. The summed E-state index contributed by atoms with van der Waals surface area (Å²) in [5.41, 5.74) is 2.14. The number of methoxy groups -OCH3 is 1. The largest absolute Gasteiger partial charge is 0.493 e. The molecular formula is C32H34F2N2O3S. The molecule has 0 saturated carbocycles. The molecule has 8 heteroatoms. The van der Waals surface area contributed by atoms with Gasteiger partial charge in [0.1, 0.15) is 11.6 Å². The van der Waals surface area contributed by atoms with Crippen molar-refractivity contribution in [3.05, 3.63) is 95.7 Å². The van der Waals surface area contributed by atoms with E-state index in [0.29, 0.717) is 34.3 Å². The predicted molar refractivity (Wildman–Crippen MR) is 158 cm³/mol. The number of benzene rings is 3. The highest BCUT2D eigenvalue weighted by atomic mass is 32.2. The van der Waals surface area contributed by atoms with E-state index in [1.807, 2.05) is 21.8 Å². The number of hydrogen-bond donors (Lipinski definition) is 0. The molecule has 1 atom stereocenters. The van der Waals surface area contributed by atoms with E-state index in [1.54, 1.807) is 49.6 Å². The minimum Gasteiger partial charge on any atom is -0.493 e. The Balaban J connectivity index is 1.18. The topological polar surface area (TPSA) is 42.0 Å². The van der Waals surface area contributed by atoms with Crippen LogP contribution < -0.4 is 13.8 Å². The first-order chi connectivity index (χ1) is 19.5. The lowest BCUT2D eigenvalue weighted by atomic mass is 9.92. The van der Waals surface area contributed by atoms with E-state index in [9.17, 15) is 9.18 Å². The van der Waals surface area contributed by atoms with Crippen LogP contribution in [0.4, 0.5) is 14.5 Å². The number of ketones is 1. The van der Waals surface area contributed by atoms with Crippen molar-refractivity contribution >= 4 is 27.5 Å². The van der Waals surface area contributed by atoms with Gasteiger partial charge in [0.25, 0.3) is 0 Å². The van der Waals surface area contributed by atoms with Crippen LogP contribution in [0.2, 0.25) is 0 Å². The lowest BCUT2D eigenvalue weighted by Crippen LogP contribution is -2.37. The second-order valence-corrected chi connectivity index (χ2v) is 11.7. The summed E-state index contributed by atoms with van der Waals surface area (Å²) < 4.78 is 43.2. The van der Waals surface area contributed by atoms with Crippen LogP contribution >= 0.6 is 10.7 Å². The van der Waals surface area contributed by atoms with Crippen LogP contribution in [0.25, 0.3) is 0 Å². The molecule has 1 fully saturated rings. The van der Waals surface area contributed by atoms with Crippen molar-refractivity contribution in [1.29, 1.82) is 0 Å². The zero-order chi connectivity index (χ0) is 28.1. The number of nitrogens with zero attached hydrogens (tertiary/aromatic N) is 2. The summed E-state index contributed by atoms with van der Waals surface area (Å²) in [6.07, 6.45) is 4.82. The van der Waals surface area contributed by atoms with E-state index in [4.69, 9.17) is 9.47 Å². The molecule has 0 radical (unpaired) electrons. The van der Waals surface area contributed by atoms with Crippen molar-refractivity contribution in [2.75, 3.05) is 37.7 Å². The van der Waals surface area contributed by atoms with Gasteiger partial charge in [-0.2, -0.15) is 0 Å². The zero-order valence-corrected chi connectivity index (χ0v) is 23.6. The Hall–Kier alpha value is -3.49. The molecule has 0 aliphatic carbocycles. The Bertz CT molecular complexity index is 1430. The number of carbonyl (C=O) groups is 1. The van der Waals surface area contributed by atoms with Gasteiger partial charge in [-0.3, -0.25) is 9.10 Å². The van der Waals surface area contributed by atoms with Crippen molar-refractivity contribution in [3.8, 4) is 11.5 Å². The van der Waals surface area contributed by atoms with E-state index in [0.717, 1.165) is 44.6 Å². The first-order valence-electron chi connectivity index (χ1n) is 13.6. The second-order valence-electron chi connectivity index (χ2n) is 9.96. The van der Waals surface area contributed by atoms with Crippen LogP contribution in [0.1, 0.15) is 36.5 Å². The summed E-state index contributed by atoms with van der Waals surface area (Å²) in [5, 5.41) is 2.02. The fourth-order valence-corrected chi connectivity index (χ4v) is 7.27. The Labute approximate surface area is 237 Å². The van der Waals surface area contributed by atoms with Gasteiger partial charge in [0.2, 0.25) is 0 Å². The van der Waals surface area contributed by atoms with Crippen molar-refractivity contribution < 1.29 is 23.0 Å². The van der Waals surface area contributed by atoms with Gasteiger partial charge in [-0.05, 0) is 93.2 Å². The third-order valence-corrected chi connectivity index (χ3v) is 9.36. The van der Waals surface area contributed by atoms with Crippen LogP contribution in [0.15, 0.2) is 83.4 Å². The molecule has 2 heterocycles. The van der Waals surface area contributed by atoms with E-state index in [1.165, 1.54) is 19.1 Å². The molecule has 1 unspecified atom stereocenters. The van der Waals surface area contributed by atoms with Gasteiger partial charge in [-0.1, -0.05) is 34.9 Å². The highest BCUT2D eigenvalue weighted by Crippen LogP contribution is 2.46. The Morgan fingerprint density at radius 2 is 1.70 bits per heavy atom. The second kappa shape index (κ2) is 12.8. The number of anilines is 1. The number of para-hydroxylation sites is 1. The fourth-order valence-electron chi connectivity index (χ4n) is 5.25. The average molecular weight is 565 g/mol. The van der Waals surface area contributed by atoms with Crippen LogP contribution in [0.3, 0.4) is 0 Å². The molecule has 2 aliphatic rings. The van der Waals surface area contributed by atoms with Gasteiger partial charge < -0.3 is 14.4 Å². The van der Waals surface area contributed by atoms with E-state index in [2.05, 4.69) is 11.0 Å². The third kappa shape index (κ3) is 6.13. The van der Waals surface area contributed by atoms with Gasteiger partial charge in [0.05, 0.1) is 24.3 Å². The van der Waals surface area contributed by atoms with Crippen molar-refractivity contribution in [2.45, 2.75) is 31.1 Å². The fraction of sp³-hybridized carbons (Fsp3) is 0.312. The van der Waals surface area contributed by atoms with Crippen molar-refractivity contribution in [2.24, 2.45) is 5.92 Å². The first-order valence-corrected chi connectivity index (χ1v) is 14.8. The van der Waals surface area contributed by atoms with Crippen LogP contribution in [-0.2, 0) is 0 Å². The Morgan fingerprint density at radius 1 is 0.975 bits per heavy atom. The van der Waals surface area contributed by atoms with E-state index < -0.39 is 10.7 Å². The molecule has 0 aromatic heterocycles. The highest BCUT2D eigenvalue weighted by molar-refractivity contribution is 8.16. The number of piperidine rings is 1. The third-order valence-electron chi connectivity index (χ3n) is 7.38. The number of Topliss-reactive ketones (excluding diaryl/α,β-unsaturated/α-hetero) is 1.